The molecule has 2 nitrogen and oxygen atoms in total. The molecule has 0 aromatic heterocycles. The van der Waals surface area contributed by atoms with Gasteiger partial charge in [0.05, 0.1) is 0 Å². The summed E-state index contributed by atoms with van der Waals surface area (Å²) in [6.07, 6.45) is 10.3. The molecule has 0 bridgehead atoms. The Hall–Kier alpha value is 1.30. The van der Waals surface area contributed by atoms with Gasteiger partial charge in [0.25, 0.3) is 0 Å². The van der Waals surface area contributed by atoms with Gasteiger partial charge in [-0.2, -0.15) is 0 Å². The first-order valence-corrected chi connectivity index (χ1v) is 23.9. The summed E-state index contributed by atoms with van der Waals surface area (Å²) in [7, 11) is 3.90. The summed E-state index contributed by atoms with van der Waals surface area (Å²) < 4.78 is 1.84. The van der Waals surface area contributed by atoms with Crippen molar-refractivity contribution < 1.29 is 6.51 Å². The number of hydrogen-bond donors (Lipinski definition) is 2. The summed E-state index contributed by atoms with van der Waals surface area (Å²) >= 11 is 0. The zero-order valence-corrected chi connectivity index (χ0v) is 26.2. The van der Waals surface area contributed by atoms with E-state index >= 15 is 0 Å². The topological polar surface area (TPSA) is 24.1 Å². The van der Waals surface area contributed by atoms with Crippen LogP contribution in [0.4, 0.5) is 0 Å². The molecule has 12 heterocycles. The van der Waals surface area contributed by atoms with Crippen LogP contribution in [0.25, 0.3) is 0 Å². The Morgan fingerprint density at radius 3 is 1.63 bits per heavy atom. The normalized spacial score (nSPS) is 78.1. The summed E-state index contributed by atoms with van der Waals surface area (Å²) in [4.78, 5) is 11.2. The Balaban J connectivity index is 1.14. The summed E-state index contributed by atoms with van der Waals surface area (Å²) in [5.74, 6) is 0. The minimum absolute atomic E-state index is 0.0281. The zero-order chi connectivity index (χ0) is 23.9. The van der Waals surface area contributed by atoms with Crippen LogP contribution in [0.2, 0.25) is 47.2 Å². The van der Waals surface area contributed by atoms with Gasteiger partial charge in [-0.05, 0) is 0 Å². The first-order valence-electron chi connectivity index (χ1n) is 15.6. The van der Waals surface area contributed by atoms with Gasteiger partial charge in [0.2, 0.25) is 0 Å². The van der Waals surface area contributed by atoms with Crippen molar-refractivity contribution >= 4 is 17.2 Å². The molecule has 0 aliphatic carbocycles. The number of nitrogens with one attached hydrogen (secondary N) is 2. The number of rotatable bonds is 9. The zero-order valence-electron chi connectivity index (χ0n) is 23.0. The third-order valence-electron chi connectivity index (χ3n) is 22.7. The van der Waals surface area contributed by atoms with E-state index in [0.717, 1.165) is 20.7 Å². The second-order valence-electron chi connectivity index (χ2n) is 19.0. The van der Waals surface area contributed by atoms with Crippen molar-refractivity contribution in [2.45, 2.75) is 155 Å². The van der Waals surface area contributed by atoms with Crippen LogP contribution in [0.1, 0.15) is 80.1 Å². The van der Waals surface area contributed by atoms with Crippen LogP contribution in [0.3, 0.4) is 0 Å². The van der Waals surface area contributed by atoms with Gasteiger partial charge in [0.1, 0.15) is 0 Å². The van der Waals surface area contributed by atoms with Crippen LogP contribution in [0, 0.1) is 0 Å². The molecule has 8 atom stereocenters. The van der Waals surface area contributed by atoms with E-state index in [2.05, 4.69) is 61.4 Å². The van der Waals surface area contributed by atoms with E-state index in [1.54, 1.807) is 6.16 Å². The molecule has 2 N–H and O–H groups in total. The monoisotopic (exact) mass is 556 g/mol. The van der Waals surface area contributed by atoms with Crippen LogP contribution in [0.5, 0.6) is 0 Å². The molecule has 0 aromatic carbocycles. The third kappa shape index (κ3) is 0.478. The molecule has 12 fully saturated rings. The average molecular weight is 557 g/mol. The Morgan fingerprint density at radius 2 is 1.29 bits per heavy atom. The van der Waals surface area contributed by atoms with Crippen molar-refractivity contribution in [1.82, 2.24) is 10.6 Å². The van der Waals surface area contributed by atoms with Crippen LogP contribution >= 0.6 is 17.2 Å². The molecule has 8 unspecified atom stereocenters. The summed E-state index contributed by atoms with van der Waals surface area (Å²) in [6, 6.07) is 1.59. The van der Waals surface area contributed by atoms with Gasteiger partial charge in [0.15, 0.2) is 0 Å². The van der Waals surface area contributed by atoms with E-state index in [9.17, 15) is 0 Å². The predicted octanol–water partition coefficient (Wildman–Crippen LogP) is 8.09. The molecule has 35 heavy (non-hydrogen) atoms. The van der Waals surface area contributed by atoms with Crippen LogP contribution in [-0.2, 0) is 6.51 Å². The van der Waals surface area contributed by atoms with E-state index in [1.165, 1.54) is 90.1 Å². The number of fused-ring (bicyclic) bond motifs is 10. The molecule has 12 rings (SSSR count). The van der Waals surface area contributed by atoms with Gasteiger partial charge in [-0.3, -0.25) is 0 Å². The molecule has 0 amide bonds. The molecule has 1 spiro atoms. The quantitative estimate of drug-likeness (QED) is 0.222. The molecule has 0 saturated carbocycles. The fraction of sp³-hybridized carbons (Fsp3) is 1.00. The Labute approximate surface area is 207 Å². The number of hydrogen-bond acceptors (Lipinski definition) is 2. The van der Waals surface area contributed by atoms with Crippen molar-refractivity contribution in [1.29, 1.82) is 0 Å². The molecule has 0 aromatic rings. The molecule has 12 aliphatic rings. The van der Waals surface area contributed by atoms with Gasteiger partial charge in [0, 0.05) is 0 Å². The molecule has 12 aliphatic heterocycles. The van der Waals surface area contributed by atoms with E-state index in [-0.39, 0.29) is 7.92 Å². The van der Waals surface area contributed by atoms with E-state index in [1.807, 2.05) is 0 Å². The maximum absolute atomic E-state index is 4.23. The Bertz CT molecular complexity index is 1450. The molecule has 5 heteroatoms. The Morgan fingerprint density at radius 1 is 0.800 bits per heavy atom. The average Bonchev–Trinajstić information content (AvgIpc) is 3.64. The van der Waals surface area contributed by atoms with Gasteiger partial charge >= 0.3 is 208 Å². The predicted molar refractivity (Wildman–Crippen MR) is 150 cm³/mol. The van der Waals surface area contributed by atoms with Crippen molar-refractivity contribution in [3.63, 3.8) is 0 Å². The molecule has 0 radical (unpaired) electrons. The van der Waals surface area contributed by atoms with Gasteiger partial charge in [-0.25, -0.2) is 0 Å². The van der Waals surface area contributed by atoms with Gasteiger partial charge < -0.3 is 0 Å². The van der Waals surface area contributed by atoms with Crippen LogP contribution in [0.15, 0.2) is 0 Å². The van der Waals surface area contributed by atoms with Crippen molar-refractivity contribution in [2.75, 3.05) is 19.3 Å². The first-order chi connectivity index (χ1) is 16.4. The minimum atomic E-state index is -3.59. The molecule has 12 saturated heterocycles. The first kappa shape index (κ1) is 20.2. The SMILES string of the molecule is CCC(C)(C)P(C[C]12[CH]3[CH]4[CH]5[C]1(C(P)(C1CCCN1)C1CCCN1)[Fe]43521678[CH]2[CH]1[CH]6[CH]7[CH]28)C(C)(C)CC. The van der Waals surface area contributed by atoms with Crippen molar-refractivity contribution in [2.24, 2.45) is 0 Å². The fourth-order valence-corrected chi connectivity index (χ4v) is 112. The third-order valence-corrected chi connectivity index (χ3v) is 72.4. The fourth-order valence-electron chi connectivity index (χ4n) is 23.5. The second-order valence-corrected chi connectivity index (χ2v) is 46.9. The Kier molecular flexibility index (Phi) is 1.66. The molecular formula is C30H50FeN2P2. The molecule has 198 valence electrons. The summed E-state index contributed by atoms with van der Waals surface area (Å²) in [5, 5.41) is 10.0. The van der Waals surface area contributed by atoms with Gasteiger partial charge in [-0.1, -0.05) is 0 Å². The van der Waals surface area contributed by atoms with E-state index in [4.69, 9.17) is 0 Å². The standard InChI is InChI=1S/C25H45N2P2.C5H5.Fe/c1-7-23(3,4)29(24(5,6)8-2)18-19-12-9-13-20(19)25(28,21-14-10-16-26-21)22-15-11-17-27-22;1-2-4-5-3-1;/h9,12-13,21-22,26-27H,7-8,10-11,14-18,28H2,1-6H3;1-5H;. The maximum atomic E-state index is 4.23. The summed E-state index contributed by atoms with van der Waals surface area (Å²) in [5.41, 5.74) is 0. The van der Waals surface area contributed by atoms with E-state index < -0.39 is 6.51 Å². The van der Waals surface area contributed by atoms with Crippen molar-refractivity contribution in [3.8, 4) is 0 Å². The van der Waals surface area contributed by atoms with E-state index in [0.29, 0.717) is 15.5 Å². The van der Waals surface area contributed by atoms with Crippen molar-refractivity contribution in [3.05, 3.63) is 0 Å². The second kappa shape index (κ2) is 2.87. The van der Waals surface area contributed by atoms with Crippen LogP contribution in [-0.4, -0.2) is 46.8 Å². The van der Waals surface area contributed by atoms with Gasteiger partial charge in [-0.15, -0.1) is 0 Å². The molecular weight excluding hydrogens is 506 g/mol. The van der Waals surface area contributed by atoms with Crippen LogP contribution < -0.4 is 10.6 Å². The summed E-state index contributed by atoms with van der Waals surface area (Å²) in [6.45, 7) is 14.9.